The van der Waals surface area contributed by atoms with E-state index >= 15 is 0 Å². The molecule has 3 aromatic rings. The fourth-order valence-corrected chi connectivity index (χ4v) is 4.61. The number of aryl methyl sites for hydroxylation is 1. The molecule has 6 nitrogen and oxygen atoms in total. The van der Waals surface area contributed by atoms with Crippen LogP contribution < -0.4 is 10.1 Å². The first-order chi connectivity index (χ1) is 13.7. The molecule has 0 spiro atoms. The van der Waals surface area contributed by atoms with Crippen molar-refractivity contribution < 1.29 is 9.47 Å². The number of hydrogen-bond acceptors (Lipinski definition) is 6. The summed E-state index contributed by atoms with van der Waals surface area (Å²) < 4.78 is 11.3. The lowest BCUT2D eigenvalue weighted by Gasteiger charge is -2.31. The van der Waals surface area contributed by atoms with Crippen molar-refractivity contribution in [2.24, 2.45) is 11.8 Å². The van der Waals surface area contributed by atoms with Crippen molar-refractivity contribution in [1.29, 1.82) is 0 Å². The quantitative estimate of drug-likeness (QED) is 0.746. The first-order valence-electron chi connectivity index (χ1n) is 9.84. The number of ether oxygens (including phenoxy) is 2. The van der Waals surface area contributed by atoms with Crippen LogP contribution in [0.1, 0.15) is 18.4 Å². The molecular formula is C22H24N4O2. The van der Waals surface area contributed by atoms with Crippen molar-refractivity contribution in [1.82, 2.24) is 15.2 Å². The molecule has 0 amide bonds. The third-order valence-corrected chi connectivity index (χ3v) is 6.08. The summed E-state index contributed by atoms with van der Waals surface area (Å²) in [6, 6.07) is 8.53. The SMILES string of the molecule is COc1cc(C)ccc1-c1nnc(NC2[C@@H]3CC[C@H]2COC3)c2cnccc12. The number of hydrogen-bond donors (Lipinski definition) is 1. The van der Waals surface area contributed by atoms with Crippen LogP contribution in [0.3, 0.4) is 0 Å². The molecule has 28 heavy (non-hydrogen) atoms. The Hall–Kier alpha value is -2.73. The van der Waals surface area contributed by atoms with Crippen LogP contribution in [-0.2, 0) is 4.74 Å². The maximum absolute atomic E-state index is 5.72. The molecule has 0 radical (unpaired) electrons. The van der Waals surface area contributed by atoms with Crippen LogP contribution in [0.4, 0.5) is 5.82 Å². The molecular weight excluding hydrogens is 352 g/mol. The first-order valence-corrected chi connectivity index (χ1v) is 9.84. The molecule has 1 unspecified atom stereocenters. The number of rotatable bonds is 4. The van der Waals surface area contributed by atoms with Gasteiger partial charge in [0.1, 0.15) is 11.4 Å². The van der Waals surface area contributed by atoms with E-state index in [1.165, 1.54) is 12.8 Å². The van der Waals surface area contributed by atoms with Crippen LogP contribution in [0.25, 0.3) is 22.0 Å². The van der Waals surface area contributed by atoms with Gasteiger partial charge in [0.15, 0.2) is 5.82 Å². The summed E-state index contributed by atoms with van der Waals surface area (Å²) in [7, 11) is 1.69. The average Bonchev–Trinajstić information content (AvgIpc) is 2.94. The van der Waals surface area contributed by atoms with Crippen molar-refractivity contribution in [3.63, 3.8) is 0 Å². The summed E-state index contributed by atoms with van der Waals surface area (Å²) in [5, 5.41) is 14.9. The molecule has 6 heteroatoms. The molecule has 1 N–H and O–H groups in total. The van der Waals surface area contributed by atoms with E-state index in [0.717, 1.165) is 52.4 Å². The van der Waals surface area contributed by atoms with Gasteiger partial charge < -0.3 is 14.8 Å². The van der Waals surface area contributed by atoms with Gasteiger partial charge >= 0.3 is 0 Å². The zero-order chi connectivity index (χ0) is 19.1. The fourth-order valence-electron chi connectivity index (χ4n) is 4.61. The van der Waals surface area contributed by atoms with Gasteiger partial charge in [0.25, 0.3) is 0 Å². The summed E-state index contributed by atoms with van der Waals surface area (Å²) >= 11 is 0. The predicted octanol–water partition coefficient (Wildman–Crippen LogP) is 3.85. The number of anilines is 1. The minimum absolute atomic E-state index is 0.395. The van der Waals surface area contributed by atoms with Gasteiger partial charge in [-0.1, -0.05) is 6.07 Å². The van der Waals surface area contributed by atoms with Crippen molar-refractivity contribution >= 4 is 16.6 Å². The topological polar surface area (TPSA) is 69.2 Å². The van der Waals surface area contributed by atoms with Crippen molar-refractivity contribution in [2.45, 2.75) is 25.8 Å². The van der Waals surface area contributed by atoms with Gasteiger partial charge in [-0.05, 0) is 43.5 Å². The molecule has 2 aliphatic rings. The van der Waals surface area contributed by atoms with E-state index in [9.17, 15) is 0 Å². The monoisotopic (exact) mass is 376 g/mol. The molecule has 3 atom stereocenters. The number of fused-ring (bicyclic) bond motifs is 3. The summed E-state index contributed by atoms with van der Waals surface area (Å²) in [6.07, 6.45) is 6.10. The average molecular weight is 376 g/mol. The highest BCUT2D eigenvalue weighted by molar-refractivity contribution is 6.00. The van der Waals surface area contributed by atoms with Crippen LogP contribution in [0, 0.1) is 18.8 Å². The number of nitrogens with one attached hydrogen (secondary N) is 1. The molecule has 1 aliphatic carbocycles. The van der Waals surface area contributed by atoms with E-state index < -0.39 is 0 Å². The Morgan fingerprint density at radius 2 is 1.89 bits per heavy atom. The molecule has 2 bridgehead atoms. The second-order valence-corrected chi connectivity index (χ2v) is 7.83. The largest absolute Gasteiger partial charge is 0.496 e. The van der Waals surface area contributed by atoms with E-state index in [2.05, 4.69) is 33.5 Å². The van der Waals surface area contributed by atoms with E-state index in [-0.39, 0.29) is 0 Å². The smallest absolute Gasteiger partial charge is 0.158 e. The highest BCUT2D eigenvalue weighted by Gasteiger charge is 2.40. The van der Waals surface area contributed by atoms with E-state index in [4.69, 9.17) is 9.47 Å². The van der Waals surface area contributed by atoms with Gasteiger partial charge in [-0.15, -0.1) is 10.2 Å². The van der Waals surface area contributed by atoms with E-state index in [1.54, 1.807) is 13.3 Å². The van der Waals surface area contributed by atoms with Crippen LogP contribution in [0.5, 0.6) is 5.75 Å². The van der Waals surface area contributed by atoms with Crippen molar-refractivity contribution in [3.05, 3.63) is 42.2 Å². The Morgan fingerprint density at radius 3 is 2.68 bits per heavy atom. The van der Waals surface area contributed by atoms with Crippen LogP contribution >= 0.6 is 0 Å². The number of methoxy groups -OCH3 is 1. The van der Waals surface area contributed by atoms with E-state index in [0.29, 0.717) is 17.9 Å². The normalized spacial score (nSPS) is 23.7. The third-order valence-electron chi connectivity index (χ3n) is 6.08. The van der Waals surface area contributed by atoms with E-state index in [1.807, 2.05) is 24.4 Å². The molecule has 2 aromatic heterocycles. The van der Waals surface area contributed by atoms with Gasteiger partial charge in [-0.25, -0.2) is 0 Å². The number of nitrogens with zero attached hydrogens (tertiary/aromatic N) is 3. The first kappa shape index (κ1) is 17.4. The summed E-state index contributed by atoms with van der Waals surface area (Å²) in [6.45, 7) is 3.71. The lowest BCUT2D eigenvalue weighted by atomic mass is 9.96. The maximum atomic E-state index is 5.72. The Balaban J connectivity index is 1.58. The Kier molecular flexibility index (Phi) is 4.36. The Labute approximate surface area is 164 Å². The second kappa shape index (κ2) is 7.02. The van der Waals surface area contributed by atoms with Gasteiger partial charge in [-0.2, -0.15) is 0 Å². The minimum atomic E-state index is 0.395. The van der Waals surface area contributed by atoms with Gasteiger partial charge in [-0.3, -0.25) is 4.98 Å². The highest BCUT2D eigenvalue weighted by Crippen LogP contribution is 2.39. The van der Waals surface area contributed by atoms with Gasteiger partial charge in [0, 0.05) is 46.6 Å². The Morgan fingerprint density at radius 1 is 1.07 bits per heavy atom. The summed E-state index contributed by atoms with van der Waals surface area (Å²) in [4.78, 5) is 4.35. The molecule has 144 valence electrons. The zero-order valence-corrected chi connectivity index (χ0v) is 16.2. The van der Waals surface area contributed by atoms with Gasteiger partial charge in [0.05, 0.1) is 20.3 Å². The Bertz CT molecular complexity index is 1010. The molecule has 5 rings (SSSR count). The van der Waals surface area contributed by atoms with Crippen LogP contribution in [-0.4, -0.2) is 41.5 Å². The maximum Gasteiger partial charge on any atom is 0.158 e. The minimum Gasteiger partial charge on any atom is -0.496 e. The fraction of sp³-hybridized carbons (Fsp3) is 0.409. The zero-order valence-electron chi connectivity index (χ0n) is 16.2. The van der Waals surface area contributed by atoms with Crippen molar-refractivity contribution in [3.8, 4) is 17.0 Å². The molecule has 2 fully saturated rings. The molecule has 3 heterocycles. The lowest BCUT2D eigenvalue weighted by molar-refractivity contribution is 0.0392. The predicted molar refractivity (Wildman–Crippen MR) is 109 cm³/mol. The summed E-state index contributed by atoms with van der Waals surface area (Å²) in [5.74, 6) is 2.70. The standard InChI is InChI=1S/C22H24N4O2/c1-13-3-6-17(19(9-13)27-2)21-16-7-8-23-10-18(16)22(26-25-21)24-20-14-4-5-15(20)12-28-11-14/h3,6-10,14-15,20H,4-5,11-12H2,1-2H3,(H,24,26)/t14-,15+,20?. The third kappa shape index (κ3) is 2.88. The van der Waals surface area contributed by atoms with Gasteiger partial charge in [0.2, 0.25) is 0 Å². The molecule has 1 saturated heterocycles. The molecule has 1 aromatic carbocycles. The second-order valence-electron chi connectivity index (χ2n) is 7.83. The number of benzene rings is 1. The molecule has 1 aliphatic heterocycles. The molecule has 1 saturated carbocycles. The summed E-state index contributed by atoms with van der Waals surface area (Å²) in [5.41, 5.74) is 2.90. The number of pyridine rings is 1. The number of aromatic nitrogens is 3. The van der Waals surface area contributed by atoms with Crippen molar-refractivity contribution in [2.75, 3.05) is 25.6 Å². The lowest BCUT2D eigenvalue weighted by Crippen LogP contribution is -2.39. The highest BCUT2D eigenvalue weighted by atomic mass is 16.5. The van der Waals surface area contributed by atoms with Crippen LogP contribution in [0.15, 0.2) is 36.7 Å². The van der Waals surface area contributed by atoms with Crippen LogP contribution in [0.2, 0.25) is 0 Å².